The Balaban J connectivity index is 1.79. The van der Waals surface area contributed by atoms with Crippen molar-refractivity contribution >= 4 is 33.9 Å². The largest absolute Gasteiger partial charge is 0.495 e. The molecule has 2 heterocycles. The molecule has 5 rings (SSSR count). The number of para-hydroxylation sites is 2. The maximum atomic E-state index is 6.47. The molecule has 6 heteroatoms. The van der Waals surface area contributed by atoms with Crippen molar-refractivity contribution in [2.24, 2.45) is 0 Å². The van der Waals surface area contributed by atoms with Gasteiger partial charge in [-0.05, 0) is 41.3 Å². The van der Waals surface area contributed by atoms with Crippen LogP contribution >= 0.6 is 11.6 Å². The summed E-state index contributed by atoms with van der Waals surface area (Å²) in [5.74, 6) is 1.38. The first-order chi connectivity index (χ1) is 15.3. The van der Waals surface area contributed by atoms with Crippen LogP contribution in [0.3, 0.4) is 0 Å². The van der Waals surface area contributed by atoms with Crippen molar-refractivity contribution in [3.63, 3.8) is 0 Å². The van der Waals surface area contributed by atoms with Gasteiger partial charge in [0.15, 0.2) is 11.3 Å². The number of fused-ring (bicyclic) bond motifs is 2. The molecular weight excluding hydrogens is 420 g/mol. The number of methoxy groups -OCH3 is 1. The van der Waals surface area contributed by atoms with E-state index in [-0.39, 0.29) is 5.41 Å². The molecule has 3 aromatic carbocycles. The molecule has 5 nitrogen and oxygen atoms in total. The smallest absolute Gasteiger partial charge is 0.199 e. The summed E-state index contributed by atoms with van der Waals surface area (Å²) >= 11 is 6.47. The van der Waals surface area contributed by atoms with Gasteiger partial charge < -0.3 is 4.74 Å². The Hall–Kier alpha value is -3.44. The van der Waals surface area contributed by atoms with E-state index in [9.17, 15) is 0 Å². The van der Waals surface area contributed by atoms with Crippen LogP contribution in [0.1, 0.15) is 26.3 Å². The quantitative estimate of drug-likeness (QED) is 0.316. The first-order valence-electron chi connectivity index (χ1n) is 10.5. The van der Waals surface area contributed by atoms with Gasteiger partial charge in [0.2, 0.25) is 0 Å². The van der Waals surface area contributed by atoms with Crippen LogP contribution in [0, 0.1) is 0 Å². The van der Waals surface area contributed by atoms with E-state index in [2.05, 4.69) is 45.0 Å². The van der Waals surface area contributed by atoms with E-state index >= 15 is 0 Å². The highest BCUT2D eigenvalue weighted by Gasteiger charge is 2.20. The first kappa shape index (κ1) is 20.5. The average Bonchev–Trinajstić information content (AvgIpc) is 3.15. The van der Waals surface area contributed by atoms with Gasteiger partial charge in [-0.15, -0.1) is 0 Å². The van der Waals surface area contributed by atoms with E-state index in [0.29, 0.717) is 22.1 Å². The summed E-state index contributed by atoms with van der Waals surface area (Å²) in [7, 11) is 1.60. The molecule has 0 fully saturated rings. The van der Waals surface area contributed by atoms with E-state index in [0.717, 1.165) is 28.1 Å². The summed E-state index contributed by atoms with van der Waals surface area (Å²) in [6, 6.07) is 22.0. The van der Waals surface area contributed by atoms with Crippen LogP contribution in [-0.2, 0) is 5.41 Å². The minimum absolute atomic E-state index is 0.0724. The van der Waals surface area contributed by atoms with Crippen molar-refractivity contribution in [1.82, 2.24) is 19.5 Å². The minimum Gasteiger partial charge on any atom is -0.495 e. The lowest BCUT2D eigenvalue weighted by atomic mass is 9.87. The molecule has 0 atom stereocenters. The molecule has 0 bridgehead atoms. The molecular formula is C26H23ClN4O. The van der Waals surface area contributed by atoms with Crippen molar-refractivity contribution in [1.29, 1.82) is 0 Å². The second-order valence-corrected chi connectivity index (χ2v) is 9.18. The summed E-state index contributed by atoms with van der Waals surface area (Å²) in [5.41, 5.74) is 6.06. The van der Waals surface area contributed by atoms with Gasteiger partial charge in [0.05, 0.1) is 28.9 Å². The second kappa shape index (κ2) is 7.61. The fourth-order valence-corrected chi connectivity index (χ4v) is 4.06. The fraction of sp³-hybridized carbons (Fsp3) is 0.192. The zero-order valence-corrected chi connectivity index (χ0v) is 19.2. The number of ether oxygens (including phenoxy) is 1. The molecule has 2 aromatic heterocycles. The Morgan fingerprint density at radius 3 is 2.16 bits per heavy atom. The predicted octanol–water partition coefficient (Wildman–Crippen LogP) is 6.60. The van der Waals surface area contributed by atoms with Gasteiger partial charge in [0.25, 0.3) is 0 Å². The standard InChI is InChI=1S/C26H23ClN4O/c1-26(2,3)17-11-9-16(10-12-17)24-30-23-25(29-21-8-6-5-7-20(21)28-23)31(24)18-13-14-22(32-4)19(27)15-18/h5-15H,1-4H3. The molecule has 32 heavy (non-hydrogen) atoms. The number of aromatic nitrogens is 4. The van der Waals surface area contributed by atoms with Crippen LogP contribution in [0.4, 0.5) is 0 Å². The van der Waals surface area contributed by atoms with E-state index < -0.39 is 0 Å². The van der Waals surface area contributed by atoms with Gasteiger partial charge >= 0.3 is 0 Å². The van der Waals surface area contributed by atoms with Gasteiger partial charge in [-0.3, -0.25) is 4.57 Å². The molecule has 0 N–H and O–H groups in total. The molecule has 0 radical (unpaired) electrons. The average molecular weight is 443 g/mol. The first-order valence-corrected chi connectivity index (χ1v) is 10.8. The number of hydrogen-bond acceptors (Lipinski definition) is 4. The van der Waals surface area contributed by atoms with Gasteiger partial charge in [0.1, 0.15) is 11.6 Å². The van der Waals surface area contributed by atoms with Crippen molar-refractivity contribution in [2.75, 3.05) is 7.11 Å². The molecule has 0 amide bonds. The zero-order chi connectivity index (χ0) is 22.5. The van der Waals surface area contributed by atoms with Crippen LogP contribution in [0.15, 0.2) is 66.7 Å². The summed E-state index contributed by atoms with van der Waals surface area (Å²) in [6.45, 7) is 6.61. The summed E-state index contributed by atoms with van der Waals surface area (Å²) in [6.07, 6.45) is 0. The third-order valence-electron chi connectivity index (χ3n) is 5.57. The van der Waals surface area contributed by atoms with Crippen LogP contribution < -0.4 is 4.74 Å². The Bertz CT molecular complexity index is 1450. The summed E-state index contributed by atoms with van der Waals surface area (Å²) in [4.78, 5) is 14.6. The van der Waals surface area contributed by atoms with Crippen molar-refractivity contribution in [3.05, 3.63) is 77.3 Å². The van der Waals surface area contributed by atoms with Crippen molar-refractivity contribution < 1.29 is 4.74 Å². The minimum atomic E-state index is 0.0724. The molecule has 0 spiro atoms. The Morgan fingerprint density at radius 1 is 0.844 bits per heavy atom. The second-order valence-electron chi connectivity index (χ2n) is 8.78. The van der Waals surface area contributed by atoms with E-state index in [4.69, 9.17) is 31.3 Å². The van der Waals surface area contributed by atoms with E-state index in [1.165, 1.54) is 5.56 Å². The van der Waals surface area contributed by atoms with Gasteiger partial charge in [-0.2, -0.15) is 0 Å². The van der Waals surface area contributed by atoms with Gasteiger partial charge in [0, 0.05) is 5.56 Å². The number of nitrogens with zero attached hydrogens (tertiary/aromatic N) is 4. The molecule has 0 saturated heterocycles. The monoisotopic (exact) mass is 442 g/mol. The van der Waals surface area contributed by atoms with Gasteiger partial charge in [-0.1, -0.05) is 68.8 Å². The van der Waals surface area contributed by atoms with Crippen molar-refractivity contribution in [3.8, 4) is 22.8 Å². The molecule has 0 aliphatic carbocycles. The number of imidazole rings is 1. The fourth-order valence-electron chi connectivity index (χ4n) is 3.81. The Morgan fingerprint density at radius 2 is 1.53 bits per heavy atom. The zero-order valence-electron chi connectivity index (χ0n) is 18.4. The third-order valence-corrected chi connectivity index (χ3v) is 5.87. The Labute approximate surface area is 191 Å². The van der Waals surface area contributed by atoms with Crippen LogP contribution in [0.2, 0.25) is 5.02 Å². The summed E-state index contributed by atoms with van der Waals surface area (Å²) < 4.78 is 7.34. The highest BCUT2D eigenvalue weighted by atomic mass is 35.5. The highest BCUT2D eigenvalue weighted by molar-refractivity contribution is 6.32. The summed E-state index contributed by atoms with van der Waals surface area (Å²) in [5, 5.41) is 0.523. The number of halogens is 1. The molecule has 5 aromatic rings. The lowest BCUT2D eigenvalue weighted by Crippen LogP contribution is -2.10. The molecule has 0 aliphatic heterocycles. The van der Waals surface area contributed by atoms with Crippen molar-refractivity contribution in [2.45, 2.75) is 26.2 Å². The number of hydrogen-bond donors (Lipinski definition) is 0. The van der Waals surface area contributed by atoms with Crippen LogP contribution in [0.5, 0.6) is 5.75 Å². The lowest BCUT2D eigenvalue weighted by molar-refractivity contribution is 0.415. The maximum Gasteiger partial charge on any atom is 0.199 e. The third kappa shape index (κ3) is 3.49. The highest BCUT2D eigenvalue weighted by Crippen LogP contribution is 2.33. The predicted molar refractivity (Wildman–Crippen MR) is 130 cm³/mol. The number of rotatable bonds is 3. The van der Waals surface area contributed by atoms with E-state index in [1.54, 1.807) is 7.11 Å². The lowest BCUT2D eigenvalue weighted by Gasteiger charge is -2.19. The van der Waals surface area contributed by atoms with Crippen LogP contribution in [0.25, 0.3) is 39.4 Å². The van der Waals surface area contributed by atoms with E-state index in [1.807, 2.05) is 47.0 Å². The SMILES string of the molecule is COc1ccc(-n2c(-c3ccc(C(C)(C)C)cc3)nc3nc4ccccc4nc32)cc1Cl. The molecule has 0 aliphatic rings. The molecule has 0 saturated carbocycles. The maximum absolute atomic E-state index is 6.47. The topological polar surface area (TPSA) is 52.8 Å². The number of benzene rings is 3. The van der Waals surface area contributed by atoms with Gasteiger partial charge in [-0.25, -0.2) is 15.0 Å². The molecule has 160 valence electrons. The Kier molecular flexibility index (Phi) is 4.86. The molecule has 0 unspecified atom stereocenters. The normalized spacial score (nSPS) is 11.9. The van der Waals surface area contributed by atoms with Crippen LogP contribution in [-0.4, -0.2) is 26.6 Å².